The molecule has 0 spiro atoms. The average Bonchev–Trinajstić information content (AvgIpc) is 3.14. The second-order valence-electron chi connectivity index (χ2n) is 6.88. The molecule has 0 aliphatic carbocycles. The predicted molar refractivity (Wildman–Crippen MR) is 105 cm³/mol. The Kier molecular flexibility index (Phi) is 3.30. The van der Waals surface area contributed by atoms with Crippen LogP contribution in [0.5, 0.6) is 0 Å². The third kappa shape index (κ3) is 2.17. The standard InChI is InChI=1S/C23H22N2/c1-2-17-11-13-18(14-12-17)24-15-16-25-22-10-6-5-8-20(22)19-7-3-4-9-21(19)23(24)25/h3-14,23H,2,15-16H2,1H3. The topological polar surface area (TPSA) is 6.48 Å². The fraction of sp³-hybridized carbons (Fsp3) is 0.217. The molecule has 1 fully saturated rings. The lowest BCUT2D eigenvalue weighted by Gasteiger charge is -2.39. The third-order valence-electron chi connectivity index (χ3n) is 5.59. The molecule has 25 heavy (non-hydrogen) atoms. The van der Waals surface area contributed by atoms with Crippen LogP contribution in [0.1, 0.15) is 24.2 Å². The molecule has 0 N–H and O–H groups in total. The molecule has 2 heterocycles. The summed E-state index contributed by atoms with van der Waals surface area (Å²) in [6.07, 6.45) is 1.38. The van der Waals surface area contributed by atoms with Crippen LogP contribution in [-0.4, -0.2) is 13.1 Å². The minimum atomic E-state index is 0.290. The van der Waals surface area contributed by atoms with E-state index in [1.807, 2.05) is 0 Å². The molecule has 1 atom stereocenters. The van der Waals surface area contributed by atoms with Gasteiger partial charge in [0.1, 0.15) is 6.17 Å². The van der Waals surface area contributed by atoms with Gasteiger partial charge in [0, 0.05) is 35.6 Å². The van der Waals surface area contributed by atoms with Gasteiger partial charge in [-0.25, -0.2) is 0 Å². The van der Waals surface area contributed by atoms with Crippen molar-refractivity contribution in [3.8, 4) is 11.1 Å². The number of anilines is 2. The highest BCUT2D eigenvalue weighted by molar-refractivity contribution is 5.86. The minimum Gasteiger partial charge on any atom is -0.346 e. The number of hydrogen-bond donors (Lipinski definition) is 0. The third-order valence-corrected chi connectivity index (χ3v) is 5.59. The molecule has 1 saturated heterocycles. The van der Waals surface area contributed by atoms with E-state index in [4.69, 9.17) is 0 Å². The lowest BCUT2D eigenvalue weighted by Crippen LogP contribution is -2.33. The second-order valence-corrected chi connectivity index (χ2v) is 6.88. The summed E-state index contributed by atoms with van der Waals surface area (Å²) in [6.45, 7) is 4.32. The van der Waals surface area contributed by atoms with Crippen molar-refractivity contribution in [2.24, 2.45) is 0 Å². The van der Waals surface area contributed by atoms with Crippen molar-refractivity contribution in [1.82, 2.24) is 0 Å². The van der Waals surface area contributed by atoms with Crippen molar-refractivity contribution in [3.05, 3.63) is 83.9 Å². The molecule has 2 aliphatic heterocycles. The van der Waals surface area contributed by atoms with Crippen LogP contribution >= 0.6 is 0 Å². The fourth-order valence-corrected chi connectivity index (χ4v) is 4.33. The van der Waals surface area contributed by atoms with Crippen LogP contribution in [0.4, 0.5) is 11.4 Å². The Bertz CT molecular complexity index is 913. The highest BCUT2D eigenvalue weighted by Gasteiger charge is 2.39. The number of aryl methyl sites for hydroxylation is 1. The predicted octanol–water partition coefficient (Wildman–Crippen LogP) is 5.25. The average molecular weight is 326 g/mol. The van der Waals surface area contributed by atoms with Gasteiger partial charge in [-0.15, -0.1) is 0 Å². The highest BCUT2D eigenvalue weighted by Crippen LogP contribution is 2.48. The Labute approximate surface area is 149 Å². The van der Waals surface area contributed by atoms with Gasteiger partial charge >= 0.3 is 0 Å². The van der Waals surface area contributed by atoms with Gasteiger partial charge in [0.25, 0.3) is 0 Å². The van der Waals surface area contributed by atoms with E-state index in [2.05, 4.69) is 89.5 Å². The Morgan fingerprint density at radius 1 is 0.760 bits per heavy atom. The SMILES string of the molecule is CCc1ccc(N2CCN3c4ccccc4-c4ccccc4C23)cc1. The second kappa shape index (κ2) is 5.66. The van der Waals surface area contributed by atoms with E-state index >= 15 is 0 Å². The summed E-state index contributed by atoms with van der Waals surface area (Å²) in [6, 6.07) is 26.8. The van der Waals surface area contributed by atoms with Gasteiger partial charge in [0.2, 0.25) is 0 Å². The number of hydrogen-bond acceptors (Lipinski definition) is 2. The van der Waals surface area contributed by atoms with Crippen LogP contribution in [0, 0.1) is 0 Å². The summed E-state index contributed by atoms with van der Waals surface area (Å²) in [5.41, 5.74) is 8.22. The molecule has 0 aromatic heterocycles. The maximum atomic E-state index is 2.56. The summed E-state index contributed by atoms with van der Waals surface area (Å²) in [7, 11) is 0. The summed E-state index contributed by atoms with van der Waals surface area (Å²) in [5, 5.41) is 0. The van der Waals surface area contributed by atoms with E-state index in [9.17, 15) is 0 Å². The Morgan fingerprint density at radius 2 is 1.44 bits per heavy atom. The van der Waals surface area contributed by atoms with Gasteiger partial charge in [-0.2, -0.15) is 0 Å². The lowest BCUT2D eigenvalue weighted by molar-refractivity contribution is 0.711. The quantitative estimate of drug-likeness (QED) is 0.634. The molecule has 1 unspecified atom stereocenters. The van der Waals surface area contributed by atoms with Crippen molar-refractivity contribution in [2.45, 2.75) is 19.5 Å². The van der Waals surface area contributed by atoms with Gasteiger partial charge in [-0.3, -0.25) is 0 Å². The van der Waals surface area contributed by atoms with Crippen molar-refractivity contribution >= 4 is 11.4 Å². The number of rotatable bonds is 2. The van der Waals surface area contributed by atoms with Crippen molar-refractivity contribution in [2.75, 3.05) is 22.9 Å². The summed E-state index contributed by atoms with van der Waals surface area (Å²) in [5.74, 6) is 0. The van der Waals surface area contributed by atoms with E-state index in [-0.39, 0.29) is 0 Å². The van der Waals surface area contributed by atoms with E-state index in [0.717, 1.165) is 19.5 Å². The molecule has 124 valence electrons. The highest BCUT2D eigenvalue weighted by atomic mass is 15.4. The lowest BCUT2D eigenvalue weighted by atomic mass is 9.91. The molecule has 0 saturated carbocycles. The zero-order chi connectivity index (χ0) is 16.8. The molecule has 3 aromatic rings. The molecule has 3 aromatic carbocycles. The zero-order valence-electron chi connectivity index (χ0n) is 14.5. The van der Waals surface area contributed by atoms with Crippen LogP contribution in [0.3, 0.4) is 0 Å². The van der Waals surface area contributed by atoms with Gasteiger partial charge in [-0.05, 0) is 35.7 Å². The number of fused-ring (bicyclic) bond motifs is 6. The molecule has 2 nitrogen and oxygen atoms in total. The van der Waals surface area contributed by atoms with Crippen LogP contribution in [-0.2, 0) is 6.42 Å². The molecular weight excluding hydrogens is 304 g/mol. The number of benzene rings is 3. The number of nitrogens with zero attached hydrogens (tertiary/aromatic N) is 2. The van der Waals surface area contributed by atoms with Gasteiger partial charge in [0.15, 0.2) is 0 Å². The first-order valence-corrected chi connectivity index (χ1v) is 9.17. The van der Waals surface area contributed by atoms with E-state index in [0.29, 0.717) is 6.17 Å². The van der Waals surface area contributed by atoms with Crippen molar-refractivity contribution < 1.29 is 0 Å². The molecule has 5 rings (SSSR count). The van der Waals surface area contributed by atoms with Gasteiger partial charge in [-0.1, -0.05) is 61.5 Å². The van der Waals surface area contributed by atoms with E-state index in [1.165, 1.54) is 33.6 Å². The van der Waals surface area contributed by atoms with E-state index in [1.54, 1.807) is 0 Å². The summed E-state index contributed by atoms with van der Waals surface area (Å²) >= 11 is 0. The van der Waals surface area contributed by atoms with Gasteiger partial charge in [0.05, 0.1) is 0 Å². The molecule has 0 bridgehead atoms. The summed E-state index contributed by atoms with van der Waals surface area (Å²) < 4.78 is 0. The Hall–Kier alpha value is -2.74. The first-order chi connectivity index (χ1) is 12.4. The van der Waals surface area contributed by atoms with Gasteiger partial charge < -0.3 is 9.80 Å². The van der Waals surface area contributed by atoms with E-state index < -0.39 is 0 Å². The van der Waals surface area contributed by atoms with Crippen LogP contribution < -0.4 is 9.80 Å². The number of para-hydroxylation sites is 1. The smallest absolute Gasteiger partial charge is 0.129 e. The Morgan fingerprint density at radius 3 is 2.24 bits per heavy atom. The molecule has 2 aliphatic rings. The molecule has 0 amide bonds. The normalized spacial score (nSPS) is 17.9. The fourth-order valence-electron chi connectivity index (χ4n) is 4.33. The Balaban J connectivity index is 1.64. The monoisotopic (exact) mass is 326 g/mol. The summed E-state index contributed by atoms with van der Waals surface area (Å²) in [4.78, 5) is 5.11. The molecular formula is C23H22N2. The van der Waals surface area contributed by atoms with Crippen molar-refractivity contribution in [3.63, 3.8) is 0 Å². The molecule has 2 heteroatoms. The minimum absolute atomic E-state index is 0.290. The van der Waals surface area contributed by atoms with Crippen molar-refractivity contribution in [1.29, 1.82) is 0 Å². The van der Waals surface area contributed by atoms with Crippen LogP contribution in [0.2, 0.25) is 0 Å². The first kappa shape index (κ1) is 14.6. The largest absolute Gasteiger partial charge is 0.346 e. The maximum absolute atomic E-state index is 2.56. The zero-order valence-corrected chi connectivity index (χ0v) is 14.5. The first-order valence-electron chi connectivity index (χ1n) is 9.17. The molecule has 0 radical (unpaired) electrons. The van der Waals surface area contributed by atoms with Crippen LogP contribution in [0.15, 0.2) is 72.8 Å². The van der Waals surface area contributed by atoms with Crippen LogP contribution in [0.25, 0.3) is 11.1 Å². The maximum Gasteiger partial charge on any atom is 0.129 e.